The molecule has 0 bridgehead atoms. The van der Waals surface area contributed by atoms with Crippen molar-refractivity contribution in [1.29, 1.82) is 0 Å². The highest BCUT2D eigenvalue weighted by Crippen LogP contribution is 2.27. The van der Waals surface area contributed by atoms with E-state index in [1.807, 2.05) is 35.8 Å². The number of hydrogen-bond acceptors (Lipinski definition) is 6. The molecule has 0 saturated carbocycles. The van der Waals surface area contributed by atoms with E-state index in [4.69, 9.17) is 4.74 Å². The van der Waals surface area contributed by atoms with Crippen LogP contribution in [-0.4, -0.2) is 43.5 Å². The number of benzene rings is 1. The molecule has 0 aliphatic heterocycles. The second-order valence-corrected chi connectivity index (χ2v) is 6.17. The molecule has 1 amide bonds. The second-order valence-electron chi connectivity index (χ2n) is 5.39. The quantitative estimate of drug-likeness (QED) is 0.614. The van der Waals surface area contributed by atoms with Crippen LogP contribution in [-0.2, 0) is 0 Å². The molecular formula is C16H19N3O4S. The number of nitro groups is 1. The Bertz CT molecular complexity index is 716. The number of methoxy groups -OCH3 is 1. The molecule has 1 atom stereocenters. The first-order valence-electron chi connectivity index (χ1n) is 7.23. The Hall–Kier alpha value is -2.45. The third-order valence-electron chi connectivity index (χ3n) is 3.65. The zero-order valence-electron chi connectivity index (χ0n) is 13.7. The van der Waals surface area contributed by atoms with Crippen LogP contribution in [0.4, 0.5) is 5.69 Å². The summed E-state index contributed by atoms with van der Waals surface area (Å²) < 4.78 is 4.94. The largest absolute Gasteiger partial charge is 0.490 e. The van der Waals surface area contributed by atoms with Crippen molar-refractivity contribution in [3.63, 3.8) is 0 Å². The number of hydrogen-bond donors (Lipinski definition) is 1. The van der Waals surface area contributed by atoms with Gasteiger partial charge < -0.3 is 15.0 Å². The lowest BCUT2D eigenvalue weighted by atomic mass is 10.1. The van der Waals surface area contributed by atoms with Gasteiger partial charge in [0.1, 0.15) is 0 Å². The first-order valence-corrected chi connectivity index (χ1v) is 8.17. The van der Waals surface area contributed by atoms with Crippen molar-refractivity contribution in [1.82, 2.24) is 10.2 Å². The van der Waals surface area contributed by atoms with Crippen molar-refractivity contribution < 1.29 is 14.5 Å². The zero-order valence-corrected chi connectivity index (χ0v) is 14.5. The molecule has 128 valence electrons. The van der Waals surface area contributed by atoms with Crippen molar-refractivity contribution in [3.8, 4) is 5.75 Å². The summed E-state index contributed by atoms with van der Waals surface area (Å²) in [5.74, 6) is -0.233. The van der Waals surface area contributed by atoms with Gasteiger partial charge in [-0.1, -0.05) is 0 Å². The fraction of sp³-hybridized carbons (Fsp3) is 0.312. The molecule has 8 heteroatoms. The summed E-state index contributed by atoms with van der Waals surface area (Å²) in [6, 6.07) is 6.21. The number of thiophene rings is 1. The highest BCUT2D eigenvalue weighted by Gasteiger charge is 2.20. The van der Waals surface area contributed by atoms with Crippen molar-refractivity contribution >= 4 is 22.9 Å². The first kappa shape index (κ1) is 17.9. The highest BCUT2D eigenvalue weighted by molar-refractivity contribution is 7.07. The molecule has 0 radical (unpaired) electrons. The lowest BCUT2D eigenvalue weighted by Gasteiger charge is -2.24. The summed E-state index contributed by atoms with van der Waals surface area (Å²) in [5, 5.41) is 17.9. The fourth-order valence-corrected chi connectivity index (χ4v) is 3.04. The van der Waals surface area contributed by atoms with Gasteiger partial charge in [0.25, 0.3) is 5.91 Å². The Labute approximate surface area is 144 Å². The molecule has 1 unspecified atom stereocenters. The van der Waals surface area contributed by atoms with Crippen molar-refractivity contribution in [2.75, 3.05) is 27.7 Å². The molecule has 1 N–H and O–H groups in total. The summed E-state index contributed by atoms with van der Waals surface area (Å²) in [4.78, 5) is 24.8. The summed E-state index contributed by atoms with van der Waals surface area (Å²) in [5.41, 5.74) is 1.11. The Morgan fingerprint density at radius 3 is 2.71 bits per heavy atom. The van der Waals surface area contributed by atoms with Crippen LogP contribution in [0.5, 0.6) is 5.75 Å². The topological polar surface area (TPSA) is 84.7 Å². The van der Waals surface area contributed by atoms with E-state index in [2.05, 4.69) is 5.32 Å². The summed E-state index contributed by atoms with van der Waals surface area (Å²) in [6.07, 6.45) is 0. The normalized spacial score (nSPS) is 12.0. The molecular weight excluding hydrogens is 330 g/mol. The third-order valence-corrected chi connectivity index (χ3v) is 4.35. The summed E-state index contributed by atoms with van der Waals surface area (Å²) >= 11 is 1.60. The van der Waals surface area contributed by atoms with Crippen LogP contribution in [0.15, 0.2) is 35.0 Å². The van der Waals surface area contributed by atoms with Gasteiger partial charge >= 0.3 is 5.69 Å². The molecule has 1 heterocycles. The first-order chi connectivity index (χ1) is 11.4. The number of nitro benzene ring substituents is 1. The lowest BCUT2D eigenvalue weighted by molar-refractivity contribution is -0.385. The molecule has 2 aromatic rings. The zero-order chi connectivity index (χ0) is 17.7. The van der Waals surface area contributed by atoms with Gasteiger partial charge in [-0.05, 0) is 48.6 Å². The molecule has 0 fully saturated rings. The smallest absolute Gasteiger partial charge is 0.311 e. The van der Waals surface area contributed by atoms with Crippen LogP contribution in [0, 0.1) is 10.1 Å². The minimum atomic E-state index is -0.566. The van der Waals surface area contributed by atoms with Gasteiger partial charge in [-0.2, -0.15) is 11.3 Å². The number of rotatable bonds is 7. The predicted octanol–water partition coefficient (Wildman–Crippen LogP) is 2.70. The Morgan fingerprint density at radius 1 is 1.42 bits per heavy atom. The van der Waals surface area contributed by atoms with Crippen LogP contribution >= 0.6 is 11.3 Å². The number of carbonyl (C=O) groups is 1. The van der Waals surface area contributed by atoms with Crippen LogP contribution in [0.1, 0.15) is 22.0 Å². The molecule has 7 nitrogen and oxygen atoms in total. The number of nitrogens with zero attached hydrogens (tertiary/aromatic N) is 2. The number of amides is 1. The SMILES string of the molecule is COc1ccc(C(=O)NCC(c2ccsc2)N(C)C)cc1[N+](=O)[O-]. The van der Waals surface area contributed by atoms with E-state index in [1.165, 1.54) is 25.3 Å². The fourth-order valence-electron chi connectivity index (χ4n) is 2.33. The number of nitrogens with one attached hydrogen (secondary N) is 1. The maximum Gasteiger partial charge on any atom is 0.311 e. The van der Waals surface area contributed by atoms with E-state index < -0.39 is 4.92 Å². The number of carbonyl (C=O) groups excluding carboxylic acids is 1. The van der Waals surface area contributed by atoms with Gasteiger partial charge in [-0.15, -0.1) is 0 Å². The Kier molecular flexibility index (Phi) is 5.88. The summed E-state index contributed by atoms with van der Waals surface area (Å²) in [7, 11) is 5.23. The van der Waals surface area contributed by atoms with E-state index in [0.717, 1.165) is 5.56 Å². The van der Waals surface area contributed by atoms with E-state index in [1.54, 1.807) is 11.3 Å². The van der Waals surface area contributed by atoms with E-state index in [0.29, 0.717) is 6.54 Å². The predicted molar refractivity (Wildman–Crippen MR) is 92.7 cm³/mol. The van der Waals surface area contributed by atoms with Gasteiger partial charge in [-0.25, -0.2) is 0 Å². The van der Waals surface area contributed by atoms with Crippen molar-refractivity contribution in [2.24, 2.45) is 0 Å². The molecule has 1 aromatic heterocycles. The van der Waals surface area contributed by atoms with E-state index in [-0.39, 0.29) is 28.9 Å². The van der Waals surface area contributed by atoms with Crippen LogP contribution < -0.4 is 10.1 Å². The van der Waals surface area contributed by atoms with Crippen LogP contribution in [0.2, 0.25) is 0 Å². The molecule has 1 aromatic carbocycles. The van der Waals surface area contributed by atoms with Gasteiger partial charge in [0.05, 0.1) is 18.1 Å². The van der Waals surface area contributed by atoms with Crippen LogP contribution in [0.25, 0.3) is 0 Å². The highest BCUT2D eigenvalue weighted by atomic mass is 32.1. The second kappa shape index (κ2) is 7.89. The van der Waals surface area contributed by atoms with E-state index in [9.17, 15) is 14.9 Å². The molecule has 0 aliphatic rings. The maximum atomic E-state index is 12.3. The number of likely N-dealkylation sites (N-methyl/N-ethyl adjacent to an activating group) is 1. The van der Waals surface area contributed by atoms with Crippen molar-refractivity contribution in [2.45, 2.75) is 6.04 Å². The average molecular weight is 349 g/mol. The van der Waals surface area contributed by atoms with Gasteiger partial charge in [0.15, 0.2) is 5.75 Å². The Morgan fingerprint density at radius 2 is 2.17 bits per heavy atom. The molecule has 0 aliphatic carbocycles. The molecule has 2 rings (SSSR count). The monoisotopic (exact) mass is 349 g/mol. The minimum Gasteiger partial charge on any atom is -0.490 e. The van der Waals surface area contributed by atoms with Crippen LogP contribution in [0.3, 0.4) is 0 Å². The van der Waals surface area contributed by atoms with E-state index >= 15 is 0 Å². The molecule has 0 spiro atoms. The minimum absolute atomic E-state index is 0.0356. The maximum absolute atomic E-state index is 12.3. The Balaban J connectivity index is 2.12. The van der Waals surface area contributed by atoms with Gasteiger partial charge in [-0.3, -0.25) is 14.9 Å². The summed E-state index contributed by atoms with van der Waals surface area (Å²) in [6.45, 7) is 0.405. The standard InChI is InChI=1S/C16H19N3O4S/c1-18(2)14(12-6-7-24-10-12)9-17-16(20)11-4-5-15(23-3)13(8-11)19(21)22/h4-8,10,14H,9H2,1-3H3,(H,17,20). The average Bonchev–Trinajstić information content (AvgIpc) is 3.08. The number of ether oxygens (including phenoxy) is 1. The third kappa shape index (κ3) is 4.09. The lowest BCUT2D eigenvalue weighted by Crippen LogP contribution is -2.34. The van der Waals surface area contributed by atoms with Crippen molar-refractivity contribution in [3.05, 3.63) is 56.3 Å². The van der Waals surface area contributed by atoms with Gasteiger partial charge in [0.2, 0.25) is 0 Å². The molecule has 0 saturated heterocycles. The van der Waals surface area contributed by atoms with Gasteiger partial charge in [0, 0.05) is 18.2 Å². The molecule has 24 heavy (non-hydrogen) atoms.